The molecular formula is C28H39NO5. The maximum Gasteiger partial charge on any atom is 0.342 e. The number of pyridine rings is 1. The van der Waals surface area contributed by atoms with Crippen molar-refractivity contribution in [2.75, 3.05) is 0 Å². The molecule has 1 rings (SSSR count). The van der Waals surface area contributed by atoms with E-state index in [0.29, 0.717) is 23.2 Å². The SMILES string of the molecule is CC/C=C\C/C=C\C/C=C\C/C=C\C/C=C\CCCC(=O)OOCc1c(CO)cnc(C)c1O. The maximum atomic E-state index is 11.8. The molecule has 0 radical (unpaired) electrons. The fourth-order valence-corrected chi connectivity index (χ4v) is 2.91. The standard InChI is InChI=1S/C28H39NO5/c1-3-4-5-6-7-8-9-10-11-12-13-14-15-16-17-18-19-20-27(31)34-33-23-26-25(22-30)21-29-24(2)28(26)32/h4-5,7-8,10-11,13-14,16-17,21,30,32H,3,6,9,12,15,18-20,22-23H2,1-2H3/b5-4-,8-7-,11-10-,14-13-,17-16-. The Bertz CT molecular complexity index is 853. The van der Waals surface area contributed by atoms with Crippen molar-refractivity contribution in [3.8, 4) is 5.75 Å². The third-order valence-corrected chi connectivity index (χ3v) is 4.87. The number of aromatic hydroxyl groups is 1. The molecule has 0 unspecified atom stereocenters. The average molecular weight is 470 g/mol. The van der Waals surface area contributed by atoms with Gasteiger partial charge in [0.25, 0.3) is 0 Å². The highest BCUT2D eigenvalue weighted by Gasteiger charge is 2.13. The molecule has 1 aromatic rings. The Morgan fingerprint density at radius 2 is 1.50 bits per heavy atom. The molecule has 0 aliphatic heterocycles. The fraction of sp³-hybridized carbons (Fsp3) is 0.429. The van der Waals surface area contributed by atoms with Crippen LogP contribution in [0.2, 0.25) is 0 Å². The van der Waals surface area contributed by atoms with E-state index in [1.54, 1.807) is 6.92 Å². The molecular weight excluding hydrogens is 430 g/mol. The van der Waals surface area contributed by atoms with Crippen LogP contribution in [0.1, 0.15) is 75.1 Å². The third kappa shape index (κ3) is 13.6. The van der Waals surface area contributed by atoms with Crippen molar-refractivity contribution < 1.29 is 24.8 Å². The summed E-state index contributed by atoms with van der Waals surface area (Å²) in [5.74, 6) is -0.538. The molecule has 34 heavy (non-hydrogen) atoms. The van der Waals surface area contributed by atoms with Crippen LogP contribution in [0.4, 0.5) is 0 Å². The van der Waals surface area contributed by atoms with E-state index in [1.165, 1.54) is 6.20 Å². The van der Waals surface area contributed by atoms with Gasteiger partial charge in [-0.25, -0.2) is 4.79 Å². The Balaban J connectivity index is 2.08. The number of hydrogen-bond donors (Lipinski definition) is 2. The summed E-state index contributed by atoms with van der Waals surface area (Å²) in [4.78, 5) is 25.5. The number of carbonyl (C=O) groups is 1. The Hall–Kier alpha value is -2.96. The van der Waals surface area contributed by atoms with Crippen molar-refractivity contribution in [1.29, 1.82) is 0 Å². The zero-order chi connectivity index (χ0) is 24.9. The lowest BCUT2D eigenvalue weighted by Gasteiger charge is -2.10. The third-order valence-electron chi connectivity index (χ3n) is 4.87. The van der Waals surface area contributed by atoms with Crippen molar-refractivity contribution in [2.24, 2.45) is 0 Å². The predicted molar refractivity (Wildman–Crippen MR) is 136 cm³/mol. The van der Waals surface area contributed by atoms with Gasteiger partial charge < -0.3 is 10.2 Å². The predicted octanol–water partition coefficient (Wildman–Crippen LogP) is 6.48. The highest BCUT2D eigenvalue weighted by Crippen LogP contribution is 2.24. The van der Waals surface area contributed by atoms with E-state index in [-0.39, 0.29) is 25.4 Å². The quantitative estimate of drug-likeness (QED) is 0.117. The number of aryl methyl sites for hydroxylation is 1. The molecule has 6 heteroatoms. The average Bonchev–Trinajstić information content (AvgIpc) is 2.83. The molecule has 1 heterocycles. The summed E-state index contributed by atoms with van der Waals surface area (Å²) in [5.41, 5.74) is 1.21. The van der Waals surface area contributed by atoms with Gasteiger partial charge in [0.05, 0.1) is 12.3 Å². The summed E-state index contributed by atoms with van der Waals surface area (Å²) < 4.78 is 0. The molecule has 0 bridgehead atoms. The van der Waals surface area contributed by atoms with Crippen LogP contribution in [-0.4, -0.2) is 21.2 Å². The summed E-state index contributed by atoms with van der Waals surface area (Å²) >= 11 is 0. The van der Waals surface area contributed by atoms with Crippen molar-refractivity contribution in [3.05, 3.63) is 83.8 Å². The van der Waals surface area contributed by atoms with E-state index < -0.39 is 5.97 Å². The second-order valence-corrected chi connectivity index (χ2v) is 7.67. The number of rotatable bonds is 17. The van der Waals surface area contributed by atoms with Crippen LogP contribution in [-0.2, 0) is 27.8 Å². The molecule has 1 aromatic heterocycles. The summed E-state index contributed by atoms with van der Waals surface area (Å²) in [6, 6.07) is 0. The Kier molecular flexibility index (Phi) is 16.7. The second kappa shape index (κ2) is 19.5. The first-order valence-corrected chi connectivity index (χ1v) is 11.9. The summed E-state index contributed by atoms with van der Waals surface area (Å²) in [6.45, 7) is 3.34. The Morgan fingerprint density at radius 3 is 2.06 bits per heavy atom. The normalized spacial score (nSPS) is 12.3. The first-order valence-electron chi connectivity index (χ1n) is 11.9. The lowest BCUT2D eigenvalue weighted by molar-refractivity contribution is -0.280. The van der Waals surface area contributed by atoms with Crippen LogP contribution >= 0.6 is 0 Å². The molecule has 0 saturated carbocycles. The molecule has 6 nitrogen and oxygen atoms in total. The van der Waals surface area contributed by atoms with E-state index in [2.05, 4.69) is 72.7 Å². The largest absolute Gasteiger partial charge is 0.506 e. The molecule has 0 atom stereocenters. The van der Waals surface area contributed by atoms with E-state index in [4.69, 9.17) is 9.78 Å². The van der Waals surface area contributed by atoms with Gasteiger partial charge >= 0.3 is 5.97 Å². The topological polar surface area (TPSA) is 88.9 Å². The number of unbranched alkanes of at least 4 members (excludes halogenated alkanes) is 1. The van der Waals surface area contributed by atoms with E-state index in [0.717, 1.165) is 38.5 Å². The van der Waals surface area contributed by atoms with Gasteiger partial charge in [0.1, 0.15) is 12.4 Å². The molecule has 0 aliphatic carbocycles. The van der Waals surface area contributed by atoms with E-state index in [9.17, 15) is 15.0 Å². The van der Waals surface area contributed by atoms with Crippen LogP contribution in [0.3, 0.4) is 0 Å². The van der Waals surface area contributed by atoms with Crippen molar-refractivity contribution in [1.82, 2.24) is 4.98 Å². The van der Waals surface area contributed by atoms with Gasteiger partial charge in [-0.3, -0.25) is 9.87 Å². The van der Waals surface area contributed by atoms with Crippen LogP contribution in [0, 0.1) is 6.92 Å². The summed E-state index contributed by atoms with van der Waals surface area (Å²) in [6.07, 6.45) is 29.5. The molecule has 0 amide bonds. The van der Waals surface area contributed by atoms with Crippen LogP contribution in [0.5, 0.6) is 5.75 Å². The zero-order valence-electron chi connectivity index (χ0n) is 20.5. The lowest BCUT2D eigenvalue weighted by Crippen LogP contribution is -2.07. The van der Waals surface area contributed by atoms with Crippen molar-refractivity contribution in [3.63, 3.8) is 0 Å². The van der Waals surface area contributed by atoms with Crippen LogP contribution < -0.4 is 0 Å². The van der Waals surface area contributed by atoms with Gasteiger partial charge in [-0.2, -0.15) is 4.89 Å². The van der Waals surface area contributed by atoms with E-state index >= 15 is 0 Å². The minimum absolute atomic E-state index is 0.0685. The van der Waals surface area contributed by atoms with Gasteiger partial charge in [0, 0.05) is 23.7 Å². The van der Waals surface area contributed by atoms with Gasteiger partial charge in [-0.05, 0) is 51.9 Å². The number of aliphatic hydroxyl groups excluding tert-OH is 1. The first-order chi connectivity index (χ1) is 16.6. The highest BCUT2D eigenvalue weighted by molar-refractivity contribution is 5.68. The van der Waals surface area contributed by atoms with Gasteiger partial charge in [0.2, 0.25) is 0 Å². The molecule has 0 aromatic carbocycles. The van der Waals surface area contributed by atoms with Crippen LogP contribution in [0.25, 0.3) is 0 Å². The van der Waals surface area contributed by atoms with Crippen molar-refractivity contribution >= 4 is 5.97 Å². The van der Waals surface area contributed by atoms with Gasteiger partial charge in [-0.1, -0.05) is 67.7 Å². The zero-order valence-corrected chi connectivity index (χ0v) is 20.5. The number of allylic oxidation sites excluding steroid dienone is 10. The van der Waals surface area contributed by atoms with E-state index in [1.807, 2.05) is 0 Å². The highest BCUT2D eigenvalue weighted by atomic mass is 17.2. The number of aromatic nitrogens is 1. The first kappa shape index (κ1) is 29.1. The van der Waals surface area contributed by atoms with Crippen LogP contribution in [0.15, 0.2) is 67.0 Å². The molecule has 0 aliphatic rings. The fourth-order valence-electron chi connectivity index (χ4n) is 2.91. The van der Waals surface area contributed by atoms with Gasteiger partial charge in [0.15, 0.2) is 0 Å². The molecule has 0 saturated heterocycles. The summed E-state index contributed by atoms with van der Waals surface area (Å²) in [5, 5.41) is 19.4. The maximum absolute atomic E-state index is 11.8. The molecule has 0 spiro atoms. The minimum atomic E-state index is -0.469. The minimum Gasteiger partial charge on any atom is -0.506 e. The lowest BCUT2D eigenvalue weighted by atomic mass is 10.1. The number of carbonyl (C=O) groups excluding carboxylic acids is 1. The Labute approximate surface area is 204 Å². The van der Waals surface area contributed by atoms with Crippen molar-refractivity contribution in [2.45, 2.75) is 78.4 Å². The molecule has 2 N–H and O–H groups in total. The smallest absolute Gasteiger partial charge is 0.342 e. The monoisotopic (exact) mass is 469 g/mol. The summed E-state index contributed by atoms with van der Waals surface area (Å²) in [7, 11) is 0. The number of nitrogens with zero attached hydrogens (tertiary/aromatic N) is 1. The second-order valence-electron chi connectivity index (χ2n) is 7.67. The van der Waals surface area contributed by atoms with Gasteiger partial charge in [-0.15, -0.1) is 0 Å². The number of hydrogen-bond acceptors (Lipinski definition) is 6. The Morgan fingerprint density at radius 1 is 0.941 bits per heavy atom. The molecule has 0 fully saturated rings. The number of aliphatic hydroxyl groups is 1. The molecule has 186 valence electrons.